The van der Waals surface area contributed by atoms with Crippen molar-refractivity contribution in [3.63, 3.8) is 0 Å². The van der Waals surface area contributed by atoms with Gasteiger partial charge in [-0.15, -0.1) is 0 Å². The Morgan fingerprint density at radius 2 is 1.70 bits per heavy atom. The summed E-state index contributed by atoms with van der Waals surface area (Å²) in [6.45, 7) is 4.48. The third-order valence-corrected chi connectivity index (χ3v) is 6.01. The van der Waals surface area contributed by atoms with Crippen molar-refractivity contribution in [2.24, 2.45) is 0 Å². The van der Waals surface area contributed by atoms with Gasteiger partial charge in [0.15, 0.2) is 0 Å². The first-order chi connectivity index (χ1) is 13.2. The second-order valence-electron chi connectivity index (χ2n) is 7.48. The number of rotatable bonds is 5. The van der Waals surface area contributed by atoms with E-state index in [0.29, 0.717) is 5.02 Å². The highest BCUT2D eigenvalue weighted by atomic mass is 35.5. The SMILES string of the molecule is O=C(Nc1ccc(CN2CCOCC2)cc1)C1(c2ccc(Cl)cc2)CCC1. The maximum absolute atomic E-state index is 13.0. The van der Waals surface area contributed by atoms with Gasteiger partial charge in [0.25, 0.3) is 0 Å². The summed E-state index contributed by atoms with van der Waals surface area (Å²) in [5, 5.41) is 3.82. The molecule has 1 saturated carbocycles. The maximum Gasteiger partial charge on any atom is 0.235 e. The second-order valence-corrected chi connectivity index (χ2v) is 7.92. The number of benzene rings is 2. The Balaban J connectivity index is 1.42. The van der Waals surface area contributed by atoms with Crippen molar-refractivity contribution in [1.29, 1.82) is 0 Å². The van der Waals surface area contributed by atoms with Gasteiger partial charge in [-0.3, -0.25) is 9.69 Å². The summed E-state index contributed by atoms with van der Waals surface area (Å²) < 4.78 is 5.39. The van der Waals surface area contributed by atoms with E-state index in [1.807, 2.05) is 36.4 Å². The smallest absolute Gasteiger partial charge is 0.235 e. The number of ether oxygens (including phenoxy) is 1. The molecule has 2 aromatic carbocycles. The van der Waals surface area contributed by atoms with E-state index in [4.69, 9.17) is 16.3 Å². The van der Waals surface area contributed by atoms with Crippen LogP contribution in [0.3, 0.4) is 0 Å². The molecule has 27 heavy (non-hydrogen) atoms. The number of carbonyl (C=O) groups is 1. The third kappa shape index (κ3) is 4.03. The number of nitrogens with zero attached hydrogens (tertiary/aromatic N) is 1. The van der Waals surface area contributed by atoms with Crippen molar-refractivity contribution in [3.05, 3.63) is 64.7 Å². The molecule has 142 valence electrons. The van der Waals surface area contributed by atoms with Gasteiger partial charge in [0, 0.05) is 30.3 Å². The molecule has 1 heterocycles. The molecule has 2 aliphatic rings. The predicted octanol–water partition coefficient (Wildman–Crippen LogP) is 4.23. The van der Waals surface area contributed by atoms with Crippen molar-refractivity contribution in [2.75, 3.05) is 31.6 Å². The highest BCUT2D eigenvalue weighted by molar-refractivity contribution is 6.30. The summed E-state index contributed by atoms with van der Waals surface area (Å²) in [4.78, 5) is 15.4. The van der Waals surface area contributed by atoms with Crippen LogP contribution in [0.15, 0.2) is 48.5 Å². The number of morpholine rings is 1. The highest BCUT2D eigenvalue weighted by Crippen LogP contribution is 2.44. The summed E-state index contributed by atoms with van der Waals surface area (Å²) >= 11 is 6.01. The van der Waals surface area contributed by atoms with E-state index >= 15 is 0 Å². The van der Waals surface area contributed by atoms with E-state index in [1.54, 1.807) is 0 Å². The van der Waals surface area contributed by atoms with Crippen LogP contribution in [0.25, 0.3) is 0 Å². The largest absolute Gasteiger partial charge is 0.379 e. The Labute approximate surface area is 165 Å². The molecule has 4 nitrogen and oxygen atoms in total. The van der Waals surface area contributed by atoms with Crippen LogP contribution in [-0.2, 0) is 21.5 Å². The average molecular weight is 385 g/mol. The van der Waals surface area contributed by atoms with Crippen LogP contribution in [-0.4, -0.2) is 37.1 Å². The lowest BCUT2D eigenvalue weighted by Crippen LogP contribution is -2.46. The van der Waals surface area contributed by atoms with E-state index in [9.17, 15) is 4.79 Å². The van der Waals surface area contributed by atoms with Crippen LogP contribution >= 0.6 is 11.6 Å². The molecule has 0 unspecified atom stereocenters. The number of nitrogens with one attached hydrogen (secondary N) is 1. The molecule has 1 amide bonds. The minimum atomic E-state index is -0.420. The van der Waals surface area contributed by atoms with Crippen LogP contribution in [0.2, 0.25) is 5.02 Å². The Bertz CT molecular complexity index is 779. The van der Waals surface area contributed by atoms with Crippen molar-refractivity contribution < 1.29 is 9.53 Å². The van der Waals surface area contributed by atoms with Gasteiger partial charge >= 0.3 is 0 Å². The molecule has 1 aliphatic carbocycles. The second kappa shape index (κ2) is 8.01. The van der Waals surface area contributed by atoms with Crippen LogP contribution in [0.5, 0.6) is 0 Å². The summed E-state index contributed by atoms with van der Waals surface area (Å²) in [5.74, 6) is 0.0806. The molecular weight excluding hydrogens is 360 g/mol. The minimum Gasteiger partial charge on any atom is -0.379 e. The van der Waals surface area contributed by atoms with Gasteiger partial charge < -0.3 is 10.1 Å². The Hall–Kier alpha value is -1.88. The minimum absolute atomic E-state index is 0.0806. The molecular formula is C22H25ClN2O2. The van der Waals surface area contributed by atoms with Gasteiger partial charge in [0.05, 0.1) is 18.6 Å². The lowest BCUT2D eigenvalue weighted by atomic mass is 9.64. The lowest BCUT2D eigenvalue weighted by molar-refractivity contribution is -0.124. The first-order valence-corrected chi connectivity index (χ1v) is 10.0. The Morgan fingerprint density at radius 1 is 1.04 bits per heavy atom. The van der Waals surface area contributed by atoms with E-state index < -0.39 is 5.41 Å². The van der Waals surface area contributed by atoms with Crippen molar-refractivity contribution in [1.82, 2.24) is 4.90 Å². The quantitative estimate of drug-likeness (QED) is 0.838. The highest BCUT2D eigenvalue weighted by Gasteiger charge is 2.45. The zero-order chi connectivity index (χ0) is 18.7. The van der Waals surface area contributed by atoms with Crippen molar-refractivity contribution in [2.45, 2.75) is 31.2 Å². The normalized spacial score (nSPS) is 19.3. The van der Waals surface area contributed by atoms with Crippen LogP contribution < -0.4 is 5.32 Å². The number of hydrogen-bond acceptors (Lipinski definition) is 3. The molecule has 2 fully saturated rings. The molecule has 0 radical (unpaired) electrons. The topological polar surface area (TPSA) is 41.6 Å². The third-order valence-electron chi connectivity index (χ3n) is 5.76. The summed E-state index contributed by atoms with van der Waals surface area (Å²) in [6.07, 6.45) is 2.85. The fourth-order valence-electron chi connectivity index (χ4n) is 3.91. The molecule has 0 aromatic heterocycles. The van der Waals surface area contributed by atoms with Gasteiger partial charge in [0.1, 0.15) is 0 Å². The summed E-state index contributed by atoms with van der Waals surface area (Å²) in [7, 11) is 0. The van der Waals surface area contributed by atoms with Crippen LogP contribution in [0, 0.1) is 0 Å². The lowest BCUT2D eigenvalue weighted by Gasteiger charge is -2.40. The van der Waals surface area contributed by atoms with Crippen LogP contribution in [0.4, 0.5) is 5.69 Å². The van der Waals surface area contributed by atoms with Crippen molar-refractivity contribution >= 4 is 23.2 Å². The number of halogens is 1. The first-order valence-electron chi connectivity index (χ1n) is 9.62. The molecule has 0 atom stereocenters. The van der Waals surface area contributed by atoms with Gasteiger partial charge in [-0.1, -0.05) is 42.3 Å². The zero-order valence-corrected chi connectivity index (χ0v) is 16.2. The molecule has 4 rings (SSSR count). The Kier molecular flexibility index (Phi) is 5.48. The molecule has 1 N–H and O–H groups in total. The molecule has 0 bridgehead atoms. The number of amides is 1. The monoisotopic (exact) mass is 384 g/mol. The van der Waals surface area contributed by atoms with E-state index in [2.05, 4.69) is 22.3 Å². The molecule has 0 spiro atoms. The molecule has 5 heteroatoms. The number of hydrogen-bond donors (Lipinski definition) is 1. The van der Waals surface area contributed by atoms with Gasteiger partial charge in [-0.25, -0.2) is 0 Å². The molecule has 1 saturated heterocycles. The van der Waals surface area contributed by atoms with Gasteiger partial charge in [0.2, 0.25) is 5.91 Å². The first kappa shape index (κ1) is 18.5. The van der Waals surface area contributed by atoms with E-state index in [0.717, 1.165) is 63.4 Å². The summed E-state index contributed by atoms with van der Waals surface area (Å²) in [5.41, 5.74) is 2.74. The summed E-state index contributed by atoms with van der Waals surface area (Å²) in [6, 6.07) is 15.9. The number of anilines is 1. The fraction of sp³-hybridized carbons (Fsp3) is 0.409. The predicted molar refractivity (Wildman–Crippen MR) is 108 cm³/mol. The number of carbonyl (C=O) groups excluding carboxylic acids is 1. The fourth-order valence-corrected chi connectivity index (χ4v) is 4.03. The average Bonchev–Trinajstić information content (AvgIpc) is 2.65. The van der Waals surface area contributed by atoms with Crippen molar-refractivity contribution in [3.8, 4) is 0 Å². The molecule has 2 aromatic rings. The van der Waals surface area contributed by atoms with Gasteiger partial charge in [-0.2, -0.15) is 0 Å². The molecule has 1 aliphatic heterocycles. The van der Waals surface area contributed by atoms with Crippen LogP contribution in [0.1, 0.15) is 30.4 Å². The zero-order valence-electron chi connectivity index (χ0n) is 15.4. The van der Waals surface area contributed by atoms with E-state index in [1.165, 1.54) is 5.56 Å². The standard InChI is InChI=1S/C22H25ClN2O2/c23-19-6-4-18(5-7-19)22(10-1-11-22)21(26)24-20-8-2-17(3-9-20)16-25-12-14-27-15-13-25/h2-9H,1,10-16H2,(H,24,26). The Morgan fingerprint density at radius 3 is 2.30 bits per heavy atom. The van der Waals surface area contributed by atoms with Gasteiger partial charge in [-0.05, 0) is 48.2 Å². The van der Waals surface area contributed by atoms with E-state index in [-0.39, 0.29) is 5.91 Å². The maximum atomic E-state index is 13.0.